The lowest BCUT2D eigenvalue weighted by Crippen LogP contribution is -2.33. The molecule has 35 heavy (non-hydrogen) atoms. The number of ether oxygens (including phenoxy) is 1. The number of carbonyl (C=O) groups excluding carboxylic acids is 2. The third-order valence-corrected chi connectivity index (χ3v) is 6.38. The van der Waals surface area contributed by atoms with Gasteiger partial charge in [-0.15, -0.1) is 0 Å². The van der Waals surface area contributed by atoms with Gasteiger partial charge in [0.2, 0.25) is 0 Å². The second-order valence-electron chi connectivity index (χ2n) is 8.81. The number of benzene rings is 2. The molecule has 0 bridgehead atoms. The van der Waals surface area contributed by atoms with Gasteiger partial charge in [-0.3, -0.25) is 9.59 Å². The first-order chi connectivity index (χ1) is 16.8. The molecule has 0 aliphatic carbocycles. The highest BCUT2D eigenvalue weighted by Crippen LogP contribution is 2.41. The van der Waals surface area contributed by atoms with E-state index >= 15 is 0 Å². The Bertz CT molecular complexity index is 1070. The molecule has 0 radical (unpaired) electrons. The van der Waals surface area contributed by atoms with Gasteiger partial charge >= 0.3 is 0 Å². The van der Waals surface area contributed by atoms with Crippen molar-refractivity contribution in [2.24, 2.45) is 0 Å². The lowest BCUT2D eigenvalue weighted by molar-refractivity contribution is -0.140. The molecule has 1 amide bonds. The number of amides is 1. The fourth-order valence-corrected chi connectivity index (χ4v) is 4.41. The average Bonchev–Trinajstić information content (AvgIpc) is 3.11. The molecule has 1 atom stereocenters. The second-order valence-corrected chi connectivity index (χ2v) is 8.81. The summed E-state index contributed by atoms with van der Waals surface area (Å²) in [5, 5.41) is 21.6. The van der Waals surface area contributed by atoms with Gasteiger partial charge in [-0.1, -0.05) is 44.5 Å². The van der Waals surface area contributed by atoms with E-state index in [1.165, 1.54) is 11.0 Å². The van der Waals surface area contributed by atoms with Crippen molar-refractivity contribution in [3.63, 3.8) is 0 Å². The number of ketones is 1. The molecule has 1 aliphatic heterocycles. The van der Waals surface area contributed by atoms with E-state index in [1.54, 1.807) is 12.1 Å². The van der Waals surface area contributed by atoms with Crippen molar-refractivity contribution in [2.75, 3.05) is 32.8 Å². The maximum atomic E-state index is 13.2. The number of Topliss-reactive ketones (excluding diaryl/α,β-unsaturated/α-hetero) is 1. The molecular weight excluding hydrogens is 444 g/mol. The van der Waals surface area contributed by atoms with E-state index in [0.717, 1.165) is 31.6 Å². The Kier molecular flexibility index (Phi) is 8.93. The Labute approximate surface area is 207 Å². The minimum Gasteiger partial charge on any atom is -0.507 e. The molecule has 1 aliphatic rings. The summed E-state index contributed by atoms with van der Waals surface area (Å²) in [7, 11) is 0. The first-order valence-corrected chi connectivity index (χ1v) is 12.4. The van der Waals surface area contributed by atoms with Gasteiger partial charge in [0.15, 0.2) is 0 Å². The largest absolute Gasteiger partial charge is 0.507 e. The number of aromatic hydroxyl groups is 1. The third-order valence-electron chi connectivity index (χ3n) is 6.38. The Morgan fingerprint density at radius 2 is 1.74 bits per heavy atom. The van der Waals surface area contributed by atoms with Crippen LogP contribution in [-0.4, -0.2) is 64.5 Å². The van der Waals surface area contributed by atoms with Gasteiger partial charge in [0.05, 0.1) is 23.8 Å². The Balaban J connectivity index is 2.04. The van der Waals surface area contributed by atoms with E-state index in [4.69, 9.17) is 4.74 Å². The summed E-state index contributed by atoms with van der Waals surface area (Å²) in [6.45, 7) is 11.6. The van der Waals surface area contributed by atoms with Gasteiger partial charge in [0.25, 0.3) is 11.7 Å². The first-order valence-electron chi connectivity index (χ1n) is 12.4. The lowest BCUT2D eigenvalue weighted by Gasteiger charge is -2.27. The highest BCUT2D eigenvalue weighted by Gasteiger charge is 2.46. The summed E-state index contributed by atoms with van der Waals surface area (Å²) >= 11 is 0. The van der Waals surface area contributed by atoms with Gasteiger partial charge in [-0.25, -0.2) is 0 Å². The monoisotopic (exact) mass is 480 g/mol. The number of phenolic OH excluding ortho intramolecular Hbond substituents is 1. The number of carbonyl (C=O) groups is 2. The zero-order valence-corrected chi connectivity index (χ0v) is 21.1. The second kappa shape index (κ2) is 11.9. The summed E-state index contributed by atoms with van der Waals surface area (Å²) < 4.78 is 5.68. The normalized spacial score (nSPS) is 17.4. The third kappa shape index (κ3) is 5.85. The highest BCUT2D eigenvalue weighted by atomic mass is 16.5. The van der Waals surface area contributed by atoms with Gasteiger partial charge in [0, 0.05) is 6.54 Å². The molecule has 0 spiro atoms. The SMILES string of the molecule is CCCOc1ccc(C2C(=C(O)c3cc(C)ccc3O)C(=O)C(=O)N2CCCN(CC)CC)cc1. The summed E-state index contributed by atoms with van der Waals surface area (Å²) in [6, 6.07) is 11.3. The van der Waals surface area contributed by atoms with Crippen LogP contribution in [-0.2, 0) is 9.59 Å². The van der Waals surface area contributed by atoms with E-state index in [2.05, 4.69) is 18.7 Å². The molecule has 7 nitrogen and oxygen atoms in total. The molecule has 0 aromatic heterocycles. The van der Waals surface area contributed by atoms with Gasteiger partial charge < -0.3 is 24.7 Å². The van der Waals surface area contributed by atoms with Crippen molar-refractivity contribution in [1.82, 2.24) is 9.80 Å². The number of phenols is 1. The van der Waals surface area contributed by atoms with E-state index in [-0.39, 0.29) is 22.6 Å². The van der Waals surface area contributed by atoms with Crippen molar-refractivity contribution >= 4 is 17.4 Å². The van der Waals surface area contributed by atoms with Crippen molar-refractivity contribution in [3.05, 3.63) is 64.7 Å². The van der Waals surface area contributed by atoms with Gasteiger partial charge in [0.1, 0.15) is 17.3 Å². The van der Waals surface area contributed by atoms with Crippen LogP contribution in [0.2, 0.25) is 0 Å². The average molecular weight is 481 g/mol. The number of aliphatic hydroxyl groups is 1. The summed E-state index contributed by atoms with van der Waals surface area (Å²) in [4.78, 5) is 30.1. The lowest BCUT2D eigenvalue weighted by atomic mass is 9.94. The molecular formula is C28H36N2O5. The van der Waals surface area contributed by atoms with Crippen molar-refractivity contribution in [2.45, 2.75) is 46.6 Å². The summed E-state index contributed by atoms with van der Waals surface area (Å²) in [5.74, 6) is -1.21. The highest BCUT2D eigenvalue weighted by molar-refractivity contribution is 6.46. The number of rotatable bonds is 11. The van der Waals surface area contributed by atoms with E-state index in [0.29, 0.717) is 30.9 Å². The Morgan fingerprint density at radius 3 is 2.37 bits per heavy atom. The Morgan fingerprint density at radius 1 is 1.06 bits per heavy atom. The van der Waals surface area contributed by atoms with Crippen LogP contribution >= 0.6 is 0 Å². The molecule has 2 N–H and O–H groups in total. The molecule has 7 heteroatoms. The molecule has 0 saturated carbocycles. The fraction of sp³-hybridized carbons (Fsp3) is 0.429. The zero-order valence-electron chi connectivity index (χ0n) is 21.1. The van der Waals surface area contributed by atoms with Crippen LogP contribution in [0, 0.1) is 6.92 Å². The fourth-order valence-electron chi connectivity index (χ4n) is 4.41. The smallest absolute Gasteiger partial charge is 0.295 e. The van der Waals surface area contributed by atoms with Crippen LogP contribution in [0.5, 0.6) is 11.5 Å². The predicted octanol–water partition coefficient (Wildman–Crippen LogP) is 4.64. The minimum absolute atomic E-state index is 0.0130. The zero-order chi connectivity index (χ0) is 25.5. The number of nitrogens with zero attached hydrogens (tertiary/aromatic N) is 2. The van der Waals surface area contributed by atoms with Crippen LogP contribution in [0.1, 0.15) is 56.3 Å². The number of hydrogen-bond acceptors (Lipinski definition) is 6. The van der Waals surface area contributed by atoms with Crippen molar-refractivity contribution < 1.29 is 24.5 Å². The van der Waals surface area contributed by atoms with Crippen LogP contribution in [0.25, 0.3) is 5.76 Å². The molecule has 2 aromatic rings. The maximum Gasteiger partial charge on any atom is 0.295 e. The number of aryl methyl sites for hydroxylation is 1. The molecule has 1 fully saturated rings. The predicted molar refractivity (Wildman–Crippen MR) is 136 cm³/mol. The number of aliphatic hydroxyl groups excluding tert-OH is 1. The number of hydrogen-bond donors (Lipinski definition) is 2. The molecule has 3 rings (SSSR count). The number of likely N-dealkylation sites (tertiary alicyclic amines) is 1. The van der Waals surface area contributed by atoms with Crippen LogP contribution in [0.3, 0.4) is 0 Å². The maximum absolute atomic E-state index is 13.2. The molecule has 2 aromatic carbocycles. The summed E-state index contributed by atoms with van der Waals surface area (Å²) in [6.07, 6.45) is 1.58. The molecule has 188 valence electrons. The van der Waals surface area contributed by atoms with Crippen LogP contribution in [0.15, 0.2) is 48.0 Å². The molecule has 1 heterocycles. The van der Waals surface area contributed by atoms with E-state index in [9.17, 15) is 19.8 Å². The van der Waals surface area contributed by atoms with Crippen LogP contribution < -0.4 is 4.74 Å². The summed E-state index contributed by atoms with van der Waals surface area (Å²) in [5.41, 5.74) is 1.64. The molecule has 1 saturated heterocycles. The Hall–Kier alpha value is -3.32. The van der Waals surface area contributed by atoms with Crippen LogP contribution in [0.4, 0.5) is 0 Å². The van der Waals surface area contributed by atoms with Gasteiger partial charge in [-0.05, 0) is 69.2 Å². The topological polar surface area (TPSA) is 90.3 Å². The quantitative estimate of drug-likeness (QED) is 0.277. The van der Waals surface area contributed by atoms with Crippen molar-refractivity contribution in [3.8, 4) is 11.5 Å². The molecule has 1 unspecified atom stereocenters. The van der Waals surface area contributed by atoms with Gasteiger partial charge in [-0.2, -0.15) is 0 Å². The first kappa shape index (κ1) is 26.3. The standard InChI is InChI=1S/C28H36N2O5/c1-5-17-35-21-12-10-20(11-13-21)25-24(26(32)22-18-19(4)9-14-23(22)31)27(33)28(34)30(25)16-8-15-29(6-2)7-3/h9-14,18,25,31-32H,5-8,15-17H2,1-4H3. The van der Waals surface area contributed by atoms with E-state index < -0.39 is 17.7 Å². The minimum atomic E-state index is -0.758. The van der Waals surface area contributed by atoms with E-state index in [1.807, 2.05) is 38.1 Å². The van der Waals surface area contributed by atoms with Crippen molar-refractivity contribution in [1.29, 1.82) is 0 Å².